The second-order valence-electron chi connectivity index (χ2n) is 5.67. The van der Waals surface area contributed by atoms with Gasteiger partial charge in [-0.05, 0) is 35.9 Å². The second-order valence-corrected chi connectivity index (χ2v) is 7.13. The Morgan fingerprint density at radius 3 is 2.41 bits per heavy atom. The van der Waals surface area contributed by atoms with E-state index in [0.29, 0.717) is 5.69 Å². The molecule has 0 bridgehead atoms. The maximum atomic E-state index is 12.4. The molecule has 0 heterocycles. The monoisotopic (exact) mass is 398 g/mol. The van der Waals surface area contributed by atoms with E-state index in [4.69, 9.17) is 11.6 Å². The van der Waals surface area contributed by atoms with Crippen LogP contribution in [0.25, 0.3) is 0 Å². The van der Waals surface area contributed by atoms with Crippen LogP contribution in [0, 0.1) is 10.1 Å². The van der Waals surface area contributed by atoms with E-state index in [1.165, 1.54) is 23.8 Å². The summed E-state index contributed by atoms with van der Waals surface area (Å²) in [6.07, 6.45) is 0. The van der Waals surface area contributed by atoms with Crippen LogP contribution in [0.5, 0.6) is 0 Å². The third-order valence-electron chi connectivity index (χ3n) is 3.77. The predicted molar refractivity (Wildman–Crippen MR) is 109 cm³/mol. The van der Waals surface area contributed by atoms with E-state index in [9.17, 15) is 14.9 Å². The number of halogens is 1. The van der Waals surface area contributed by atoms with Crippen LogP contribution in [0.15, 0.2) is 77.7 Å². The van der Waals surface area contributed by atoms with Crippen molar-refractivity contribution in [3.8, 4) is 0 Å². The SMILES string of the molecule is O=C(Nc1ccc(SCc2ccccc2)cc1)c1cc([N+](=O)[O-])ccc1Cl. The molecule has 0 atom stereocenters. The maximum absolute atomic E-state index is 12.4. The molecule has 3 aromatic carbocycles. The third kappa shape index (κ3) is 5.09. The lowest BCUT2D eigenvalue weighted by atomic mass is 10.2. The van der Waals surface area contributed by atoms with Crippen LogP contribution < -0.4 is 5.32 Å². The molecule has 0 unspecified atom stereocenters. The summed E-state index contributed by atoms with van der Waals surface area (Å²) in [5.74, 6) is 0.365. The van der Waals surface area contributed by atoms with Gasteiger partial charge in [0.2, 0.25) is 0 Å². The van der Waals surface area contributed by atoms with Crippen molar-refractivity contribution in [2.45, 2.75) is 10.6 Å². The number of rotatable bonds is 6. The fourth-order valence-electron chi connectivity index (χ4n) is 2.37. The van der Waals surface area contributed by atoms with Crippen molar-refractivity contribution in [1.29, 1.82) is 0 Å². The minimum Gasteiger partial charge on any atom is -0.322 e. The van der Waals surface area contributed by atoms with Gasteiger partial charge in [-0.25, -0.2) is 0 Å². The minimum absolute atomic E-state index is 0.0633. The quantitative estimate of drug-likeness (QED) is 0.324. The molecule has 136 valence electrons. The standard InChI is InChI=1S/C20H15ClN2O3S/c21-19-11-8-16(23(25)26)12-18(19)20(24)22-15-6-9-17(10-7-15)27-13-14-4-2-1-3-5-14/h1-12H,13H2,(H,22,24). The van der Waals surface area contributed by atoms with Gasteiger partial charge in [0.1, 0.15) is 0 Å². The summed E-state index contributed by atoms with van der Waals surface area (Å²) >= 11 is 7.70. The Morgan fingerprint density at radius 1 is 1.04 bits per heavy atom. The molecule has 27 heavy (non-hydrogen) atoms. The van der Waals surface area contributed by atoms with Gasteiger partial charge in [0.15, 0.2) is 0 Å². The van der Waals surface area contributed by atoms with Crippen LogP contribution in [-0.4, -0.2) is 10.8 Å². The molecule has 1 amide bonds. The number of hydrogen-bond donors (Lipinski definition) is 1. The van der Waals surface area contributed by atoms with E-state index in [-0.39, 0.29) is 16.3 Å². The molecule has 5 nitrogen and oxygen atoms in total. The lowest BCUT2D eigenvalue weighted by Crippen LogP contribution is -2.12. The predicted octanol–water partition coefficient (Wildman–Crippen LogP) is 5.79. The highest BCUT2D eigenvalue weighted by Crippen LogP contribution is 2.26. The molecule has 1 N–H and O–H groups in total. The highest BCUT2D eigenvalue weighted by Gasteiger charge is 2.16. The number of nitro groups is 1. The number of thioether (sulfide) groups is 1. The largest absolute Gasteiger partial charge is 0.322 e. The highest BCUT2D eigenvalue weighted by atomic mass is 35.5. The Morgan fingerprint density at radius 2 is 1.74 bits per heavy atom. The van der Waals surface area contributed by atoms with Crippen LogP contribution in [0.1, 0.15) is 15.9 Å². The van der Waals surface area contributed by atoms with E-state index < -0.39 is 10.8 Å². The van der Waals surface area contributed by atoms with Crippen molar-refractivity contribution in [2.24, 2.45) is 0 Å². The van der Waals surface area contributed by atoms with Gasteiger partial charge < -0.3 is 5.32 Å². The zero-order valence-corrected chi connectivity index (χ0v) is 15.7. The third-order valence-corrected chi connectivity index (χ3v) is 5.18. The van der Waals surface area contributed by atoms with Gasteiger partial charge in [-0.15, -0.1) is 11.8 Å². The van der Waals surface area contributed by atoms with Crippen LogP contribution in [0.3, 0.4) is 0 Å². The summed E-state index contributed by atoms with van der Waals surface area (Å²) in [4.78, 5) is 23.8. The smallest absolute Gasteiger partial charge is 0.270 e. The molecule has 3 aromatic rings. The molecule has 0 fully saturated rings. The zero-order chi connectivity index (χ0) is 19.2. The van der Waals surface area contributed by atoms with E-state index in [0.717, 1.165) is 10.6 Å². The molecule has 0 aromatic heterocycles. The van der Waals surface area contributed by atoms with Gasteiger partial charge in [-0.2, -0.15) is 0 Å². The highest BCUT2D eigenvalue weighted by molar-refractivity contribution is 7.98. The summed E-state index contributed by atoms with van der Waals surface area (Å²) in [7, 11) is 0. The number of nitrogens with one attached hydrogen (secondary N) is 1. The lowest BCUT2D eigenvalue weighted by molar-refractivity contribution is -0.384. The first kappa shape index (κ1) is 18.9. The van der Waals surface area contributed by atoms with Crippen molar-refractivity contribution < 1.29 is 9.72 Å². The van der Waals surface area contributed by atoms with Crippen molar-refractivity contribution in [3.05, 3.63) is 99.1 Å². The lowest BCUT2D eigenvalue weighted by Gasteiger charge is -2.08. The van der Waals surface area contributed by atoms with Crippen LogP contribution >= 0.6 is 23.4 Å². The van der Waals surface area contributed by atoms with Gasteiger partial charge in [-0.1, -0.05) is 41.9 Å². The average Bonchev–Trinajstić information content (AvgIpc) is 2.68. The van der Waals surface area contributed by atoms with Crippen LogP contribution in [-0.2, 0) is 5.75 Å². The number of carbonyl (C=O) groups excluding carboxylic acids is 1. The molecule has 0 saturated heterocycles. The Hall–Kier alpha value is -2.83. The molecule has 0 aliphatic rings. The molecule has 0 aliphatic carbocycles. The first-order valence-corrected chi connectivity index (χ1v) is 9.41. The summed E-state index contributed by atoms with van der Waals surface area (Å²) in [5.41, 5.74) is 1.71. The average molecular weight is 399 g/mol. The van der Waals surface area contributed by atoms with Gasteiger partial charge in [0.05, 0.1) is 15.5 Å². The number of non-ortho nitro benzene ring substituents is 1. The van der Waals surface area contributed by atoms with Gasteiger partial charge in [0, 0.05) is 28.5 Å². The Bertz CT molecular complexity index is 963. The van der Waals surface area contributed by atoms with E-state index >= 15 is 0 Å². The van der Waals surface area contributed by atoms with Crippen molar-refractivity contribution in [3.63, 3.8) is 0 Å². The topological polar surface area (TPSA) is 72.2 Å². The van der Waals surface area contributed by atoms with Crippen molar-refractivity contribution in [1.82, 2.24) is 0 Å². The molecule has 7 heteroatoms. The fourth-order valence-corrected chi connectivity index (χ4v) is 3.43. The Balaban J connectivity index is 1.65. The summed E-state index contributed by atoms with van der Waals surface area (Å²) < 4.78 is 0. The van der Waals surface area contributed by atoms with E-state index in [1.54, 1.807) is 23.9 Å². The minimum atomic E-state index is -0.564. The summed E-state index contributed by atoms with van der Waals surface area (Å²) in [6, 6.07) is 21.3. The maximum Gasteiger partial charge on any atom is 0.270 e. The number of amides is 1. The van der Waals surface area contributed by atoms with Crippen LogP contribution in [0.4, 0.5) is 11.4 Å². The summed E-state index contributed by atoms with van der Waals surface area (Å²) in [6.45, 7) is 0. The number of benzene rings is 3. The van der Waals surface area contributed by atoms with Crippen LogP contribution in [0.2, 0.25) is 5.02 Å². The first-order valence-electron chi connectivity index (χ1n) is 8.05. The molecular weight excluding hydrogens is 384 g/mol. The molecule has 0 aliphatic heterocycles. The van der Waals surface area contributed by atoms with E-state index in [1.807, 2.05) is 30.3 Å². The normalized spacial score (nSPS) is 10.4. The molecule has 3 rings (SSSR count). The molecule has 0 spiro atoms. The zero-order valence-electron chi connectivity index (χ0n) is 14.1. The molecule has 0 saturated carbocycles. The number of nitro benzene ring substituents is 1. The molecule has 0 radical (unpaired) electrons. The van der Waals surface area contributed by atoms with Gasteiger partial charge in [-0.3, -0.25) is 14.9 Å². The fraction of sp³-hybridized carbons (Fsp3) is 0.0500. The number of anilines is 1. The molecular formula is C20H15ClN2O3S. The number of nitrogens with zero attached hydrogens (tertiary/aromatic N) is 1. The Labute approximate surface area is 165 Å². The second kappa shape index (κ2) is 8.70. The van der Waals surface area contributed by atoms with E-state index in [2.05, 4.69) is 17.4 Å². The Kier molecular flexibility index (Phi) is 6.11. The van der Waals surface area contributed by atoms with Gasteiger partial charge >= 0.3 is 0 Å². The summed E-state index contributed by atoms with van der Waals surface area (Å²) in [5, 5.41) is 13.7. The van der Waals surface area contributed by atoms with Gasteiger partial charge in [0.25, 0.3) is 11.6 Å². The number of carbonyl (C=O) groups is 1. The van der Waals surface area contributed by atoms with Crippen molar-refractivity contribution in [2.75, 3.05) is 5.32 Å². The number of hydrogen-bond acceptors (Lipinski definition) is 4. The first-order chi connectivity index (χ1) is 13.0. The van der Waals surface area contributed by atoms with Crippen molar-refractivity contribution >= 4 is 40.6 Å².